The van der Waals surface area contributed by atoms with E-state index in [9.17, 15) is 19.5 Å². The number of carbonyl (C=O) groups is 1. The monoisotopic (exact) mass is 681 g/mol. The third-order valence-corrected chi connectivity index (χ3v) is 9.37. The van der Waals surface area contributed by atoms with Gasteiger partial charge in [0.05, 0.1) is 41.3 Å². The molecule has 3 atom stereocenters. The Morgan fingerprint density at radius 3 is 2.49 bits per heavy atom. The molecule has 0 saturated carbocycles. The van der Waals surface area contributed by atoms with Gasteiger partial charge in [0.15, 0.2) is 0 Å². The fourth-order valence-corrected chi connectivity index (χ4v) is 6.57. The van der Waals surface area contributed by atoms with Crippen molar-refractivity contribution in [3.05, 3.63) is 102 Å². The molecule has 0 bridgehead atoms. The molecule has 0 radical (unpaired) electrons. The van der Waals surface area contributed by atoms with Gasteiger partial charge < -0.3 is 29.8 Å². The molecule has 1 aliphatic carbocycles. The predicted octanol–water partition coefficient (Wildman–Crippen LogP) is 4.54. The number of methoxy groups -OCH3 is 1. The van der Waals surface area contributed by atoms with Crippen molar-refractivity contribution in [1.82, 2.24) is 14.5 Å². The second-order valence-electron chi connectivity index (χ2n) is 11.6. The second-order valence-corrected chi connectivity index (χ2v) is 12.4. The number of carbonyl (C=O) groups excluding carboxylic acids is 1. The quantitative estimate of drug-likeness (QED) is 0.235. The number of nitrogens with one attached hydrogen (secondary N) is 2. The number of hydrogen-bond donors (Lipinski definition) is 3. The van der Waals surface area contributed by atoms with Crippen LogP contribution in [0.5, 0.6) is 0 Å². The molecule has 2 heterocycles. The minimum atomic E-state index is -0.727. The Balaban J connectivity index is 1.42. The molecule has 2 aliphatic rings. The van der Waals surface area contributed by atoms with Gasteiger partial charge in [0.2, 0.25) is 5.90 Å². The minimum Gasteiger partial charge on any atom is -0.481 e. The molecular weight excluding hydrogens is 645 g/mol. The van der Waals surface area contributed by atoms with Crippen LogP contribution in [0.15, 0.2) is 74.9 Å². The lowest BCUT2D eigenvalue weighted by molar-refractivity contribution is -0.0293. The van der Waals surface area contributed by atoms with E-state index in [1.807, 2.05) is 6.92 Å². The van der Waals surface area contributed by atoms with Crippen molar-refractivity contribution in [2.24, 2.45) is 19.1 Å². The van der Waals surface area contributed by atoms with Crippen LogP contribution in [-0.4, -0.2) is 64.6 Å². The van der Waals surface area contributed by atoms with E-state index < -0.39 is 23.3 Å². The second kappa shape index (κ2) is 14.4. The van der Waals surface area contributed by atoms with E-state index in [0.29, 0.717) is 52.9 Å². The fourth-order valence-electron chi connectivity index (χ4n) is 5.96. The van der Waals surface area contributed by atoms with E-state index in [2.05, 4.69) is 17.2 Å². The topological polar surface area (TPSA) is 136 Å². The van der Waals surface area contributed by atoms with Crippen LogP contribution >= 0.6 is 23.2 Å². The predicted molar refractivity (Wildman–Crippen MR) is 184 cm³/mol. The van der Waals surface area contributed by atoms with Crippen LogP contribution in [0.4, 0.5) is 5.69 Å². The number of aliphatic hydroxyl groups excluding tert-OH is 1. The van der Waals surface area contributed by atoms with E-state index in [1.165, 1.54) is 20.3 Å². The summed E-state index contributed by atoms with van der Waals surface area (Å²) < 4.78 is 13.2. The largest absolute Gasteiger partial charge is 0.481 e. The average Bonchev–Trinajstić information content (AvgIpc) is 3.41. The zero-order chi connectivity index (χ0) is 34.0. The Morgan fingerprint density at radius 1 is 1.09 bits per heavy atom. The number of aromatic nitrogens is 2. The number of allylic oxidation sites excluding steroid dienone is 1. The molecule has 1 saturated heterocycles. The smallest absolute Gasteiger partial charge is 0.330 e. The van der Waals surface area contributed by atoms with Gasteiger partial charge in [0, 0.05) is 61.2 Å². The maximum absolute atomic E-state index is 13.1. The van der Waals surface area contributed by atoms with E-state index in [-0.39, 0.29) is 28.4 Å². The van der Waals surface area contributed by atoms with Crippen molar-refractivity contribution in [2.45, 2.75) is 44.4 Å². The highest BCUT2D eigenvalue weighted by atomic mass is 35.5. The van der Waals surface area contributed by atoms with Gasteiger partial charge in [0.25, 0.3) is 11.5 Å². The summed E-state index contributed by atoms with van der Waals surface area (Å²) in [5, 5.41) is 17.2. The maximum atomic E-state index is 13.1. The van der Waals surface area contributed by atoms with Crippen molar-refractivity contribution in [3.8, 4) is 11.1 Å². The van der Waals surface area contributed by atoms with Gasteiger partial charge in [-0.15, -0.1) is 0 Å². The summed E-state index contributed by atoms with van der Waals surface area (Å²) in [6.45, 7) is 7.14. The van der Waals surface area contributed by atoms with Crippen LogP contribution in [0.1, 0.15) is 42.1 Å². The zero-order valence-corrected chi connectivity index (χ0v) is 28.1. The summed E-state index contributed by atoms with van der Waals surface area (Å²) in [7, 11) is 4.32. The highest BCUT2D eigenvalue weighted by Crippen LogP contribution is 2.40. The summed E-state index contributed by atoms with van der Waals surface area (Å²) in [5.41, 5.74) is 2.86. The number of amides is 1. The zero-order valence-electron chi connectivity index (χ0n) is 26.6. The first-order valence-corrected chi connectivity index (χ1v) is 15.9. The third-order valence-electron chi connectivity index (χ3n) is 8.56. The summed E-state index contributed by atoms with van der Waals surface area (Å²) in [4.78, 5) is 42.5. The van der Waals surface area contributed by atoms with Crippen LogP contribution < -0.4 is 21.9 Å². The molecule has 3 aromatic rings. The molecule has 11 nitrogen and oxygen atoms in total. The standard InChI is InChI=1S/C34H37Cl2N5O6/c1-18-12-13-25(38-24-14-15-47-17-27(24)42)28(18)32(46-5)37-19(2)20-8-6-9-21(29(20)35)22-10-7-11-26(30(22)36)39-31(43)23-16-40(3)34(45)41(4)33(23)44/h6-11,16,24-25,27,38,42H,2,12-15,17H2,1,3-5H3,(H,39,43)/b37-32+. The van der Waals surface area contributed by atoms with E-state index >= 15 is 0 Å². The fraction of sp³-hybridized carbons (Fsp3) is 0.353. The van der Waals surface area contributed by atoms with Gasteiger partial charge in [-0.1, -0.05) is 65.7 Å². The van der Waals surface area contributed by atoms with Crippen LogP contribution in [0.2, 0.25) is 10.0 Å². The maximum Gasteiger partial charge on any atom is 0.330 e. The summed E-state index contributed by atoms with van der Waals surface area (Å²) in [5.74, 6) is -0.302. The van der Waals surface area contributed by atoms with Gasteiger partial charge in [-0.25, -0.2) is 9.79 Å². The Bertz CT molecular complexity index is 1910. The lowest BCUT2D eigenvalue weighted by Crippen LogP contribution is -2.50. The van der Waals surface area contributed by atoms with E-state index in [1.54, 1.807) is 43.5 Å². The lowest BCUT2D eigenvalue weighted by atomic mass is 10.0. The molecule has 2 aromatic carbocycles. The summed E-state index contributed by atoms with van der Waals surface area (Å²) >= 11 is 13.8. The molecule has 1 amide bonds. The number of aliphatic hydroxyl groups is 1. The molecule has 1 aromatic heterocycles. The van der Waals surface area contributed by atoms with Gasteiger partial charge in [-0.2, -0.15) is 0 Å². The highest BCUT2D eigenvalue weighted by molar-refractivity contribution is 6.39. The molecule has 0 spiro atoms. The third kappa shape index (κ3) is 7.00. The number of aryl methyl sites for hydroxylation is 1. The Hall–Kier alpha value is -4.00. The number of rotatable bonds is 8. The van der Waals surface area contributed by atoms with Crippen molar-refractivity contribution < 1.29 is 19.4 Å². The van der Waals surface area contributed by atoms with Crippen molar-refractivity contribution in [3.63, 3.8) is 0 Å². The van der Waals surface area contributed by atoms with Gasteiger partial charge in [0.1, 0.15) is 5.56 Å². The van der Waals surface area contributed by atoms with Crippen LogP contribution in [0, 0.1) is 0 Å². The Labute approximate surface area is 282 Å². The molecule has 3 N–H and O–H groups in total. The Morgan fingerprint density at radius 2 is 1.79 bits per heavy atom. The molecule has 47 heavy (non-hydrogen) atoms. The number of nitrogens with zero attached hydrogens (tertiary/aromatic N) is 3. The van der Waals surface area contributed by atoms with E-state index in [0.717, 1.165) is 33.1 Å². The number of aliphatic imine (C=N–C) groups is 1. The first-order valence-electron chi connectivity index (χ1n) is 15.1. The van der Waals surface area contributed by atoms with Crippen LogP contribution in [0.3, 0.4) is 0 Å². The SMILES string of the molecule is C=C(/N=C(/OC)C1=C(C)CCC1NC1CCOCC1O)c1cccc(-c2cccc(NC(=O)c3cn(C)c(=O)n(C)c3=O)c2Cl)c1Cl. The van der Waals surface area contributed by atoms with Gasteiger partial charge in [-0.05, 0) is 32.3 Å². The minimum absolute atomic E-state index is 0.0567. The molecule has 1 fully saturated rings. The number of anilines is 1. The normalized spacial score (nSPS) is 20.0. The molecule has 13 heteroatoms. The molecular formula is C34H37Cl2N5O6. The van der Waals surface area contributed by atoms with Gasteiger partial charge >= 0.3 is 5.69 Å². The number of benzene rings is 2. The highest BCUT2D eigenvalue weighted by Gasteiger charge is 2.33. The Kier molecular flexibility index (Phi) is 10.5. The molecule has 3 unspecified atom stereocenters. The van der Waals surface area contributed by atoms with Crippen LogP contribution in [-0.2, 0) is 23.6 Å². The number of hydrogen-bond acceptors (Lipinski definition) is 8. The van der Waals surface area contributed by atoms with Crippen molar-refractivity contribution in [2.75, 3.05) is 25.6 Å². The first-order chi connectivity index (χ1) is 22.4. The number of ether oxygens (including phenoxy) is 2. The first kappa shape index (κ1) is 34.3. The lowest BCUT2D eigenvalue weighted by Gasteiger charge is -2.32. The summed E-state index contributed by atoms with van der Waals surface area (Å²) in [6.07, 6.45) is 3.01. The van der Waals surface area contributed by atoms with Crippen molar-refractivity contribution >= 4 is 46.4 Å². The van der Waals surface area contributed by atoms with Gasteiger partial charge in [-0.3, -0.25) is 14.2 Å². The van der Waals surface area contributed by atoms with Crippen molar-refractivity contribution in [1.29, 1.82) is 0 Å². The van der Waals surface area contributed by atoms with Crippen LogP contribution in [0.25, 0.3) is 16.8 Å². The molecule has 1 aliphatic heterocycles. The number of halogens is 2. The van der Waals surface area contributed by atoms with E-state index in [4.69, 9.17) is 37.7 Å². The molecule has 248 valence electrons. The molecule has 5 rings (SSSR count). The average molecular weight is 683 g/mol. The summed E-state index contributed by atoms with van der Waals surface area (Å²) in [6, 6.07) is 10.3.